The molecule has 0 radical (unpaired) electrons. The van der Waals surface area contributed by atoms with Gasteiger partial charge >= 0.3 is 0 Å². The molecule has 0 aliphatic heterocycles. The molecule has 0 saturated heterocycles. The fraction of sp³-hybridized carbons (Fsp3) is 0.450. The van der Waals surface area contributed by atoms with Crippen molar-refractivity contribution in [1.29, 1.82) is 0 Å². The molecular formula is C20H25ClN4O5S2. The van der Waals surface area contributed by atoms with E-state index in [1.165, 1.54) is 24.5 Å². The highest BCUT2D eigenvalue weighted by molar-refractivity contribution is 7.92. The third-order valence-corrected chi connectivity index (χ3v) is 7.47. The summed E-state index contributed by atoms with van der Waals surface area (Å²) in [5, 5.41) is 2.79. The summed E-state index contributed by atoms with van der Waals surface area (Å²) >= 11 is 6.22. The number of carbonyl (C=O) groups is 1. The topological polar surface area (TPSA) is 135 Å². The Morgan fingerprint density at radius 3 is 2.25 bits per heavy atom. The zero-order chi connectivity index (χ0) is 23.5. The molecule has 32 heavy (non-hydrogen) atoms. The summed E-state index contributed by atoms with van der Waals surface area (Å²) in [6.45, 7) is 0. The number of carbonyl (C=O) groups excluding carboxylic acids is 1. The second-order valence-electron chi connectivity index (χ2n) is 8.05. The lowest BCUT2D eigenvalue weighted by Crippen LogP contribution is -2.24. The van der Waals surface area contributed by atoms with Crippen LogP contribution in [0, 0.1) is 5.92 Å². The Bertz CT molecular complexity index is 1190. The van der Waals surface area contributed by atoms with Gasteiger partial charge in [-0.15, -0.1) is 0 Å². The van der Waals surface area contributed by atoms with Gasteiger partial charge in [0.2, 0.25) is 15.9 Å². The highest BCUT2D eigenvalue weighted by Crippen LogP contribution is 2.36. The van der Waals surface area contributed by atoms with Gasteiger partial charge in [-0.25, -0.2) is 26.8 Å². The number of hydrogen-bond donors (Lipinski definition) is 2. The van der Waals surface area contributed by atoms with Crippen molar-refractivity contribution in [2.24, 2.45) is 5.92 Å². The first-order valence-corrected chi connectivity index (χ1v) is 14.2. The molecule has 1 saturated carbocycles. The minimum Gasteiger partial charge on any atom is -0.309 e. The second-order valence-corrected chi connectivity index (χ2v) is 12.2. The Morgan fingerprint density at radius 2 is 1.72 bits per heavy atom. The molecule has 1 aromatic heterocycles. The average Bonchev–Trinajstić information content (AvgIpc) is 3.18. The van der Waals surface area contributed by atoms with Crippen LogP contribution in [0.15, 0.2) is 35.5 Å². The molecule has 2 aromatic rings. The van der Waals surface area contributed by atoms with Gasteiger partial charge < -0.3 is 5.32 Å². The largest absolute Gasteiger partial charge is 0.309 e. The van der Waals surface area contributed by atoms with Crippen LogP contribution >= 0.6 is 11.6 Å². The van der Waals surface area contributed by atoms with E-state index in [-0.39, 0.29) is 27.5 Å². The second kappa shape index (κ2) is 9.72. The summed E-state index contributed by atoms with van der Waals surface area (Å²) in [5.41, 5.74) is 0.620. The van der Waals surface area contributed by atoms with E-state index in [9.17, 15) is 21.6 Å². The molecule has 3 rings (SSSR count). The first-order chi connectivity index (χ1) is 14.9. The standard InChI is InChI=1S/C20H25ClN4O5S2/c1-31(27,28)17-8-7-14(10-16(17)21)15(9-13-5-3-4-6-13)20(26)24-18-11-23-19(12-22-18)25-32(2,29)30/h7-8,10-13,15H,3-6,9H2,1-2H3,(H,23,25)(H,22,24,26). The van der Waals surface area contributed by atoms with Crippen molar-refractivity contribution in [1.82, 2.24) is 9.97 Å². The maximum absolute atomic E-state index is 13.2. The highest BCUT2D eigenvalue weighted by atomic mass is 35.5. The van der Waals surface area contributed by atoms with E-state index in [1.807, 2.05) is 0 Å². The molecule has 1 fully saturated rings. The van der Waals surface area contributed by atoms with Gasteiger partial charge in [0.15, 0.2) is 21.5 Å². The van der Waals surface area contributed by atoms with Crippen LogP contribution in [-0.4, -0.2) is 45.2 Å². The molecule has 1 unspecified atom stereocenters. The van der Waals surface area contributed by atoms with E-state index in [4.69, 9.17) is 11.6 Å². The Kier molecular flexibility index (Phi) is 7.41. The van der Waals surface area contributed by atoms with Gasteiger partial charge in [0, 0.05) is 6.26 Å². The Hall–Kier alpha value is -2.24. The fourth-order valence-electron chi connectivity index (χ4n) is 3.86. The number of aromatic nitrogens is 2. The van der Waals surface area contributed by atoms with Crippen LogP contribution < -0.4 is 10.0 Å². The van der Waals surface area contributed by atoms with Gasteiger partial charge in [-0.3, -0.25) is 9.52 Å². The normalized spacial score (nSPS) is 16.0. The first kappa shape index (κ1) is 24.4. The predicted molar refractivity (Wildman–Crippen MR) is 123 cm³/mol. The molecule has 0 spiro atoms. The van der Waals surface area contributed by atoms with Crippen LogP contribution in [0.2, 0.25) is 5.02 Å². The zero-order valence-electron chi connectivity index (χ0n) is 17.7. The van der Waals surface area contributed by atoms with Crippen LogP contribution in [0.25, 0.3) is 0 Å². The van der Waals surface area contributed by atoms with Gasteiger partial charge in [-0.2, -0.15) is 0 Å². The zero-order valence-corrected chi connectivity index (χ0v) is 20.1. The summed E-state index contributed by atoms with van der Waals surface area (Å²) < 4.78 is 48.5. The SMILES string of the molecule is CS(=O)(=O)Nc1cnc(NC(=O)C(CC2CCCC2)c2ccc(S(C)(=O)=O)c(Cl)c2)cn1. The number of benzene rings is 1. The number of halogens is 1. The number of sulfonamides is 1. The first-order valence-electron chi connectivity index (χ1n) is 10.0. The predicted octanol–water partition coefficient (Wildman–Crippen LogP) is 3.21. The van der Waals surface area contributed by atoms with Crippen molar-refractivity contribution in [2.45, 2.75) is 42.9 Å². The summed E-state index contributed by atoms with van der Waals surface area (Å²) in [5.74, 6) is -0.287. The Morgan fingerprint density at radius 1 is 1.09 bits per heavy atom. The molecule has 1 aliphatic carbocycles. The van der Waals surface area contributed by atoms with Crippen LogP contribution in [0.1, 0.15) is 43.6 Å². The number of sulfone groups is 1. The molecule has 1 heterocycles. The quantitative estimate of drug-likeness (QED) is 0.568. The fourth-order valence-corrected chi connectivity index (χ4v) is 5.68. The molecule has 1 aliphatic rings. The van der Waals surface area contributed by atoms with Gasteiger partial charge in [-0.05, 0) is 30.0 Å². The van der Waals surface area contributed by atoms with Crippen molar-refractivity contribution in [2.75, 3.05) is 22.6 Å². The van der Waals surface area contributed by atoms with Crippen molar-refractivity contribution in [3.8, 4) is 0 Å². The average molecular weight is 501 g/mol. The number of amides is 1. The number of nitrogens with zero attached hydrogens (tertiary/aromatic N) is 2. The highest BCUT2D eigenvalue weighted by Gasteiger charge is 2.28. The summed E-state index contributed by atoms with van der Waals surface area (Å²) in [6, 6.07) is 4.57. The number of anilines is 2. The van der Waals surface area contributed by atoms with E-state index in [0.29, 0.717) is 17.9 Å². The summed E-state index contributed by atoms with van der Waals surface area (Å²) in [4.78, 5) is 21.2. The van der Waals surface area contributed by atoms with Crippen molar-refractivity contribution >= 4 is 49.0 Å². The van der Waals surface area contributed by atoms with Crippen LogP contribution in [0.4, 0.5) is 11.6 Å². The molecule has 1 amide bonds. The van der Waals surface area contributed by atoms with Crippen molar-refractivity contribution in [3.05, 3.63) is 41.2 Å². The Labute approximate surface area is 193 Å². The number of nitrogens with one attached hydrogen (secondary N) is 2. The maximum Gasteiger partial charge on any atom is 0.233 e. The van der Waals surface area contributed by atoms with Gasteiger partial charge in [-0.1, -0.05) is 43.4 Å². The minimum absolute atomic E-state index is 0.0165. The van der Waals surface area contributed by atoms with Gasteiger partial charge in [0.1, 0.15) is 0 Å². The Balaban J connectivity index is 1.83. The third-order valence-electron chi connectivity index (χ3n) is 5.31. The lowest BCUT2D eigenvalue weighted by atomic mass is 9.87. The van der Waals surface area contributed by atoms with E-state index in [2.05, 4.69) is 20.0 Å². The smallest absolute Gasteiger partial charge is 0.233 e. The summed E-state index contributed by atoms with van der Waals surface area (Å²) in [6.07, 6.45) is 9.45. The molecule has 174 valence electrons. The van der Waals surface area contributed by atoms with Crippen LogP contribution in [-0.2, 0) is 24.7 Å². The van der Waals surface area contributed by atoms with E-state index < -0.39 is 25.8 Å². The third kappa shape index (κ3) is 6.63. The maximum atomic E-state index is 13.2. The van der Waals surface area contributed by atoms with Gasteiger partial charge in [0.25, 0.3) is 0 Å². The lowest BCUT2D eigenvalue weighted by Gasteiger charge is -2.21. The van der Waals surface area contributed by atoms with E-state index in [0.717, 1.165) is 38.2 Å². The number of rotatable bonds is 8. The monoisotopic (exact) mass is 500 g/mol. The van der Waals surface area contributed by atoms with Gasteiger partial charge in [0.05, 0.1) is 34.5 Å². The molecule has 1 atom stereocenters. The molecule has 12 heteroatoms. The van der Waals surface area contributed by atoms with E-state index in [1.54, 1.807) is 6.07 Å². The minimum atomic E-state index is -3.49. The molecule has 0 bridgehead atoms. The number of hydrogen-bond acceptors (Lipinski definition) is 7. The van der Waals surface area contributed by atoms with Crippen LogP contribution in [0.3, 0.4) is 0 Å². The van der Waals surface area contributed by atoms with Crippen molar-refractivity contribution < 1.29 is 21.6 Å². The molecular weight excluding hydrogens is 476 g/mol. The lowest BCUT2D eigenvalue weighted by molar-refractivity contribution is -0.118. The molecule has 2 N–H and O–H groups in total. The molecule has 1 aromatic carbocycles. The van der Waals surface area contributed by atoms with Crippen LogP contribution in [0.5, 0.6) is 0 Å². The molecule has 9 nitrogen and oxygen atoms in total. The van der Waals surface area contributed by atoms with E-state index >= 15 is 0 Å². The summed E-state index contributed by atoms with van der Waals surface area (Å²) in [7, 11) is -6.97. The van der Waals surface area contributed by atoms with Crippen molar-refractivity contribution in [3.63, 3.8) is 0 Å².